The molecule has 3 heterocycles. The maximum Gasteiger partial charge on any atom is 0.276 e. The van der Waals surface area contributed by atoms with Crippen LogP contribution in [0.3, 0.4) is 0 Å². The number of benzene rings is 1. The van der Waals surface area contributed by atoms with Crippen molar-refractivity contribution in [3.8, 4) is 17.0 Å². The van der Waals surface area contributed by atoms with Gasteiger partial charge < -0.3 is 21.1 Å². The van der Waals surface area contributed by atoms with Gasteiger partial charge in [0, 0.05) is 18.3 Å². The monoisotopic (exact) mass is 457 g/mol. The zero-order chi connectivity index (χ0) is 23.4. The van der Waals surface area contributed by atoms with Crippen LogP contribution in [0.25, 0.3) is 11.3 Å². The second kappa shape index (κ2) is 9.86. The van der Waals surface area contributed by atoms with Crippen LogP contribution in [0.2, 0.25) is 0 Å². The Morgan fingerprint density at radius 3 is 2.61 bits per heavy atom. The normalized spacial score (nSPS) is 14.2. The van der Waals surface area contributed by atoms with Crippen molar-refractivity contribution in [1.29, 1.82) is 0 Å². The predicted molar refractivity (Wildman–Crippen MR) is 117 cm³/mol. The minimum atomic E-state index is -1.06. The summed E-state index contributed by atoms with van der Waals surface area (Å²) >= 11 is 0. The standard InChI is InChI=1S/C23H22F3N5O2/c24-14-2-1-3-15(25)20(14)21-16(26)10-17(27)22(31-21)23(32)30-18-11-29-9-6-19(18)33-12-13-4-7-28-8-5-13/h1-3,6,9-11,13,28H,4-5,7-8,12,27H2,(H,30,32). The van der Waals surface area contributed by atoms with Gasteiger partial charge >= 0.3 is 0 Å². The first kappa shape index (κ1) is 22.5. The average Bonchev–Trinajstić information content (AvgIpc) is 2.80. The molecule has 10 heteroatoms. The fraction of sp³-hybridized carbons (Fsp3) is 0.261. The second-order valence-electron chi connectivity index (χ2n) is 7.68. The van der Waals surface area contributed by atoms with E-state index in [0.29, 0.717) is 18.3 Å². The van der Waals surface area contributed by atoms with Gasteiger partial charge in [-0.05, 0) is 44.0 Å². The first-order chi connectivity index (χ1) is 15.9. The lowest BCUT2D eigenvalue weighted by atomic mass is 9.99. The summed E-state index contributed by atoms with van der Waals surface area (Å²) in [6.07, 6.45) is 4.89. The molecule has 1 aliphatic heterocycles. The SMILES string of the molecule is Nc1cc(F)c(-c2c(F)cccc2F)nc1C(=O)Nc1cnccc1OCC1CCNCC1. The van der Waals surface area contributed by atoms with Crippen LogP contribution in [-0.2, 0) is 0 Å². The summed E-state index contributed by atoms with van der Waals surface area (Å²) in [6, 6.07) is 5.50. The van der Waals surface area contributed by atoms with Gasteiger partial charge in [0.25, 0.3) is 5.91 Å². The first-order valence-electron chi connectivity index (χ1n) is 10.4. The number of piperidine rings is 1. The summed E-state index contributed by atoms with van der Waals surface area (Å²) in [5.74, 6) is -3.10. The summed E-state index contributed by atoms with van der Waals surface area (Å²) in [5, 5.41) is 5.88. The third-order valence-electron chi connectivity index (χ3n) is 5.38. The van der Waals surface area contributed by atoms with Crippen molar-refractivity contribution in [1.82, 2.24) is 15.3 Å². The van der Waals surface area contributed by atoms with E-state index in [4.69, 9.17) is 10.5 Å². The van der Waals surface area contributed by atoms with Gasteiger partial charge in [-0.1, -0.05) is 6.07 Å². The average molecular weight is 457 g/mol. The quantitative estimate of drug-likeness (QED) is 0.521. The van der Waals surface area contributed by atoms with Crippen LogP contribution in [0.1, 0.15) is 23.3 Å². The van der Waals surface area contributed by atoms with Gasteiger partial charge in [0.05, 0.1) is 24.1 Å². The van der Waals surface area contributed by atoms with Crippen molar-refractivity contribution in [2.75, 3.05) is 30.7 Å². The maximum atomic E-state index is 14.5. The minimum absolute atomic E-state index is 0.264. The number of halogens is 3. The number of aromatic nitrogens is 2. The Kier molecular flexibility index (Phi) is 6.74. The highest BCUT2D eigenvalue weighted by Crippen LogP contribution is 2.30. The minimum Gasteiger partial charge on any atom is -0.491 e. The van der Waals surface area contributed by atoms with E-state index >= 15 is 0 Å². The van der Waals surface area contributed by atoms with Gasteiger partial charge in [-0.2, -0.15) is 0 Å². The molecular weight excluding hydrogens is 435 g/mol. The number of hydrogen-bond donors (Lipinski definition) is 3. The summed E-state index contributed by atoms with van der Waals surface area (Å²) in [5.41, 5.74) is 4.04. The number of carbonyl (C=O) groups excluding carboxylic acids is 1. The summed E-state index contributed by atoms with van der Waals surface area (Å²) in [7, 11) is 0. The van der Waals surface area contributed by atoms with Gasteiger partial charge in [0.2, 0.25) is 0 Å². The molecular formula is C23H22F3N5O2. The molecule has 172 valence electrons. The number of nitrogens with one attached hydrogen (secondary N) is 2. The van der Waals surface area contributed by atoms with Crippen LogP contribution in [-0.4, -0.2) is 35.6 Å². The highest BCUT2D eigenvalue weighted by atomic mass is 19.1. The zero-order valence-corrected chi connectivity index (χ0v) is 17.6. The van der Waals surface area contributed by atoms with Crippen LogP contribution >= 0.6 is 0 Å². The van der Waals surface area contributed by atoms with Crippen molar-refractivity contribution in [3.63, 3.8) is 0 Å². The third kappa shape index (κ3) is 5.06. The molecule has 0 unspecified atom stereocenters. The summed E-state index contributed by atoms with van der Waals surface area (Å²) in [4.78, 5) is 20.7. The van der Waals surface area contributed by atoms with Gasteiger partial charge in [-0.3, -0.25) is 9.78 Å². The molecule has 0 aliphatic carbocycles. The number of nitrogen functional groups attached to an aromatic ring is 1. The lowest BCUT2D eigenvalue weighted by Crippen LogP contribution is -2.30. The van der Waals surface area contributed by atoms with Crippen molar-refractivity contribution in [2.24, 2.45) is 5.92 Å². The number of carbonyl (C=O) groups is 1. The highest BCUT2D eigenvalue weighted by molar-refractivity contribution is 6.07. The largest absolute Gasteiger partial charge is 0.491 e. The number of rotatable bonds is 6. The van der Waals surface area contributed by atoms with E-state index in [2.05, 4.69) is 20.6 Å². The van der Waals surface area contributed by atoms with E-state index in [1.807, 2.05) is 0 Å². The molecule has 33 heavy (non-hydrogen) atoms. The maximum absolute atomic E-state index is 14.5. The van der Waals surface area contributed by atoms with Gasteiger partial charge in [0.1, 0.15) is 28.8 Å². The topological polar surface area (TPSA) is 102 Å². The van der Waals surface area contributed by atoms with E-state index in [-0.39, 0.29) is 17.1 Å². The molecule has 0 spiro atoms. The van der Waals surface area contributed by atoms with Gasteiger partial charge in [-0.25, -0.2) is 18.2 Å². The highest BCUT2D eigenvalue weighted by Gasteiger charge is 2.23. The molecule has 1 fully saturated rings. The van der Waals surface area contributed by atoms with E-state index in [9.17, 15) is 18.0 Å². The Balaban J connectivity index is 1.58. The smallest absolute Gasteiger partial charge is 0.276 e. The number of amides is 1. The summed E-state index contributed by atoms with van der Waals surface area (Å²) < 4.78 is 48.7. The van der Waals surface area contributed by atoms with E-state index in [1.165, 1.54) is 12.4 Å². The number of anilines is 2. The molecule has 0 radical (unpaired) electrons. The van der Waals surface area contributed by atoms with E-state index in [1.54, 1.807) is 6.07 Å². The van der Waals surface area contributed by atoms with Crippen LogP contribution in [0.15, 0.2) is 42.7 Å². The van der Waals surface area contributed by atoms with Crippen LogP contribution in [0, 0.1) is 23.4 Å². The van der Waals surface area contributed by atoms with Crippen molar-refractivity contribution < 1.29 is 22.7 Å². The molecule has 3 aromatic rings. The molecule has 0 bridgehead atoms. The molecule has 4 N–H and O–H groups in total. The lowest BCUT2D eigenvalue weighted by Gasteiger charge is -2.23. The van der Waals surface area contributed by atoms with E-state index < -0.39 is 34.6 Å². The van der Waals surface area contributed by atoms with Crippen LogP contribution in [0.4, 0.5) is 24.5 Å². The first-order valence-corrected chi connectivity index (χ1v) is 10.4. The second-order valence-corrected chi connectivity index (χ2v) is 7.68. The van der Waals surface area contributed by atoms with Crippen molar-refractivity contribution in [2.45, 2.75) is 12.8 Å². The molecule has 1 saturated heterocycles. The Morgan fingerprint density at radius 1 is 1.15 bits per heavy atom. The Labute approximate surface area is 188 Å². The van der Waals surface area contributed by atoms with Crippen molar-refractivity contribution in [3.05, 3.63) is 65.9 Å². The zero-order valence-electron chi connectivity index (χ0n) is 17.6. The Hall–Kier alpha value is -3.66. The molecule has 4 rings (SSSR count). The van der Waals surface area contributed by atoms with Crippen molar-refractivity contribution >= 4 is 17.3 Å². The molecule has 0 atom stereocenters. The van der Waals surface area contributed by atoms with Gasteiger partial charge in [0.15, 0.2) is 11.5 Å². The van der Waals surface area contributed by atoms with Crippen LogP contribution in [0.5, 0.6) is 5.75 Å². The number of ether oxygens (including phenoxy) is 1. The fourth-order valence-corrected chi connectivity index (χ4v) is 3.62. The summed E-state index contributed by atoms with van der Waals surface area (Å²) in [6.45, 7) is 2.32. The fourth-order valence-electron chi connectivity index (χ4n) is 3.62. The number of nitrogens with two attached hydrogens (primary N) is 1. The van der Waals surface area contributed by atoms with Gasteiger partial charge in [-0.15, -0.1) is 0 Å². The Morgan fingerprint density at radius 2 is 1.88 bits per heavy atom. The lowest BCUT2D eigenvalue weighted by molar-refractivity contribution is 0.102. The number of nitrogens with zero attached hydrogens (tertiary/aromatic N) is 2. The van der Waals surface area contributed by atoms with Crippen LogP contribution < -0.4 is 21.1 Å². The number of pyridine rings is 2. The molecule has 0 saturated carbocycles. The predicted octanol–water partition coefficient (Wildman–Crippen LogP) is 3.77. The molecule has 2 aromatic heterocycles. The third-order valence-corrected chi connectivity index (χ3v) is 5.38. The van der Waals surface area contributed by atoms with E-state index in [0.717, 1.165) is 50.2 Å². The molecule has 7 nitrogen and oxygen atoms in total. The number of hydrogen-bond acceptors (Lipinski definition) is 6. The molecule has 1 aromatic carbocycles. The molecule has 1 amide bonds. The Bertz CT molecular complexity index is 1150. The molecule has 1 aliphatic rings.